The highest BCUT2D eigenvalue weighted by molar-refractivity contribution is 5.40. The van der Waals surface area contributed by atoms with E-state index in [1.54, 1.807) is 0 Å². The minimum absolute atomic E-state index is 0.252. The van der Waals surface area contributed by atoms with Crippen molar-refractivity contribution in [1.29, 1.82) is 0 Å². The number of hydrogen-bond acceptors (Lipinski definition) is 3. The summed E-state index contributed by atoms with van der Waals surface area (Å²) in [7, 11) is 0. The molecule has 3 nitrogen and oxygen atoms in total. The molecule has 2 aromatic heterocycles. The van der Waals surface area contributed by atoms with Gasteiger partial charge in [-0.1, -0.05) is 13.8 Å². The zero-order chi connectivity index (χ0) is 13.0. The van der Waals surface area contributed by atoms with Gasteiger partial charge in [-0.2, -0.15) is 0 Å². The summed E-state index contributed by atoms with van der Waals surface area (Å²) in [6.45, 7) is 6.48. The lowest BCUT2D eigenvalue weighted by molar-refractivity contribution is 0.544. The summed E-state index contributed by atoms with van der Waals surface area (Å²) < 4.78 is 0. The Morgan fingerprint density at radius 1 is 1.06 bits per heavy atom. The lowest BCUT2D eigenvalue weighted by Crippen LogP contribution is -2.17. The fourth-order valence-electron chi connectivity index (χ4n) is 1.98. The van der Waals surface area contributed by atoms with Crippen LogP contribution >= 0.6 is 0 Å². The van der Waals surface area contributed by atoms with Gasteiger partial charge in [0.2, 0.25) is 0 Å². The number of hydrogen-bond donors (Lipinski definition) is 1. The highest BCUT2D eigenvalue weighted by atomic mass is 15.0. The Morgan fingerprint density at radius 2 is 1.78 bits per heavy atom. The molecule has 18 heavy (non-hydrogen) atoms. The summed E-state index contributed by atoms with van der Waals surface area (Å²) in [6, 6.07) is 8.42. The average molecular weight is 241 g/mol. The van der Waals surface area contributed by atoms with Crippen molar-refractivity contribution >= 4 is 5.82 Å². The lowest BCUT2D eigenvalue weighted by atomic mass is 9.97. The molecule has 0 amide bonds. The largest absolute Gasteiger partial charge is 0.363 e. The lowest BCUT2D eigenvalue weighted by Gasteiger charge is -2.23. The van der Waals surface area contributed by atoms with E-state index in [4.69, 9.17) is 0 Å². The van der Waals surface area contributed by atoms with E-state index in [1.807, 2.05) is 36.8 Å². The van der Waals surface area contributed by atoms with Gasteiger partial charge in [0.25, 0.3) is 0 Å². The Morgan fingerprint density at radius 3 is 2.39 bits per heavy atom. The van der Waals surface area contributed by atoms with E-state index in [9.17, 15) is 0 Å². The first-order chi connectivity index (χ1) is 8.66. The van der Waals surface area contributed by atoms with Crippen LogP contribution in [0.25, 0.3) is 0 Å². The topological polar surface area (TPSA) is 37.8 Å². The molecule has 2 rings (SSSR count). The molecule has 0 aliphatic rings. The number of aryl methyl sites for hydroxylation is 1. The first-order valence-corrected chi connectivity index (χ1v) is 6.26. The Labute approximate surface area is 108 Å². The van der Waals surface area contributed by atoms with E-state index >= 15 is 0 Å². The zero-order valence-electron chi connectivity index (χ0n) is 11.1. The molecule has 0 bridgehead atoms. The van der Waals surface area contributed by atoms with Gasteiger partial charge in [-0.15, -0.1) is 0 Å². The monoisotopic (exact) mass is 241 g/mol. The summed E-state index contributed by atoms with van der Waals surface area (Å²) in [6.07, 6.45) is 5.49. The van der Waals surface area contributed by atoms with Crippen molar-refractivity contribution in [3.8, 4) is 0 Å². The minimum atomic E-state index is 0.252. The van der Waals surface area contributed by atoms with E-state index in [-0.39, 0.29) is 6.04 Å². The van der Waals surface area contributed by atoms with Crippen LogP contribution in [0.2, 0.25) is 0 Å². The van der Waals surface area contributed by atoms with Crippen molar-refractivity contribution < 1.29 is 0 Å². The van der Waals surface area contributed by atoms with Gasteiger partial charge in [0.15, 0.2) is 0 Å². The van der Waals surface area contributed by atoms with Crippen molar-refractivity contribution in [2.24, 2.45) is 5.92 Å². The number of nitrogens with one attached hydrogen (secondary N) is 1. The van der Waals surface area contributed by atoms with Gasteiger partial charge in [-0.05, 0) is 48.2 Å². The van der Waals surface area contributed by atoms with E-state index in [2.05, 4.69) is 42.1 Å². The predicted molar refractivity (Wildman–Crippen MR) is 74.4 cm³/mol. The fourth-order valence-corrected chi connectivity index (χ4v) is 1.98. The third-order valence-corrected chi connectivity index (χ3v) is 2.95. The number of rotatable bonds is 4. The third kappa shape index (κ3) is 3.06. The first-order valence-electron chi connectivity index (χ1n) is 6.26. The first kappa shape index (κ1) is 12.6. The molecule has 0 spiro atoms. The molecule has 0 radical (unpaired) electrons. The summed E-state index contributed by atoms with van der Waals surface area (Å²) in [5.74, 6) is 1.40. The summed E-state index contributed by atoms with van der Waals surface area (Å²) in [5, 5.41) is 3.50. The van der Waals surface area contributed by atoms with Crippen molar-refractivity contribution in [3.63, 3.8) is 0 Å². The Bertz CT molecular complexity index is 494. The van der Waals surface area contributed by atoms with Gasteiger partial charge < -0.3 is 5.32 Å². The van der Waals surface area contributed by atoms with Gasteiger partial charge in [-0.25, -0.2) is 4.98 Å². The molecule has 2 heterocycles. The van der Waals surface area contributed by atoms with Crippen LogP contribution in [-0.2, 0) is 0 Å². The van der Waals surface area contributed by atoms with Crippen LogP contribution in [0, 0.1) is 12.8 Å². The molecule has 0 saturated carbocycles. The molecular formula is C15H19N3. The molecule has 3 heteroatoms. The van der Waals surface area contributed by atoms with Gasteiger partial charge in [0.05, 0.1) is 6.04 Å². The summed E-state index contributed by atoms with van der Waals surface area (Å²) >= 11 is 0. The maximum atomic E-state index is 4.36. The summed E-state index contributed by atoms with van der Waals surface area (Å²) in [5.41, 5.74) is 2.45. The van der Waals surface area contributed by atoms with Gasteiger partial charge >= 0.3 is 0 Å². The minimum Gasteiger partial charge on any atom is -0.363 e. The van der Waals surface area contributed by atoms with E-state index in [0.29, 0.717) is 5.92 Å². The normalized spacial score (nSPS) is 12.4. The van der Waals surface area contributed by atoms with E-state index < -0.39 is 0 Å². The molecule has 1 atom stereocenters. The quantitative estimate of drug-likeness (QED) is 0.888. The SMILES string of the molecule is Cc1ccnc(NC(c2ccncc2)C(C)C)c1. The Balaban J connectivity index is 2.22. The van der Waals surface area contributed by atoms with Crippen LogP contribution in [0.3, 0.4) is 0 Å². The number of nitrogens with zero attached hydrogens (tertiary/aromatic N) is 2. The molecule has 1 N–H and O–H groups in total. The second kappa shape index (κ2) is 5.63. The standard InChI is InChI=1S/C15H19N3/c1-11(2)15(13-5-7-16-8-6-13)18-14-10-12(3)4-9-17-14/h4-11,15H,1-3H3,(H,17,18). The van der Waals surface area contributed by atoms with Crippen molar-refractivity contribution in [2.45, 2.75) is 26.8 Å². The van der Waals surface area contributed by atoms with Crippen molar-refractivity contribution in [1.82, 2.24) is 9.97 Å². The molecule has 2 aromatic rings. The van der Waals surface area contributed by atoms with Crippen LogP contribution < -0.4 is 5.32 Å². The number of anilines is 1. The Hall–Kier alpha value is -1.90. The molecule has 94 valence electrons. The van der Waals surface area contributed by atoms with Crippen LogP contribution in [-0.4, -0.2) is 9.97 Å². The van der Waals surface area contributed by atoms with Crippen LogP contribution in [0.4, 0.5) is 5.82 Å². The molecular weight excluding hydrogens is 222 g/mol. The molecule has 0 aromatic carbocycles. The third-order valence-electron chi connectivity index (χ3n) is 2.95. The maximum absolute atomic E-state index is 4.36. The van der Waals surface area contributed by atoms with E-state index in [1.165, 1.54) is 11.1 Å². The molecule has 0 aliphatic heterocycles. The van der Waals surface area contributed by atoms with E-state index in [0.717, 1.165) is 5.82 Å². The van der Waals surface area contributed by atoms with Crippen molar-refractivity contribution in [3.05, 3.63) is 54.0 Å². The maximum Gasteiger partial charge on any atom is 0.126 e. The van der Waals surface area contributed by atoms with Gasteiger partial charge in [0.1, 0.15) is 5.82 Å². The number of pyridine rings is 2. The zero-order valence-corrected chi connectivity index (χ0v) is 11.1. The second-order valence-corrected chi connectivity index (χ2v) is 4.87. The molecule has 0 saturated heterocycles. The average Bonchev–Trinajstić information content (AvgIpc) is 2.37. The number of aromatic nitrogens is 2. The van der Waals surface area contributed by atoms with Crippen LogP contribution in [0.1, 0.15) is 31.0 Å². The predicted octanol–water partition coefficient (Wildman–Crippen LogP) is 3.59. The van der Waals surface area contributed by atoms with Crippen LogP contribution in [0.15, 0.2) is 42.9 Å². The van der Waals surface area contributed by atoms with Gasteiger partial charge in [0, 0.05) is 18.6 Å². The Kier molecular flexibility index (Phi) is 3.92. The summed E-state index contributed by atoms with van der Waals surface area (Å²) in [4.78, 5) is 8.43. The highest BCUT2D eigenvalue weighted by Gasteiger charge is 2.15. The second-order valence-electron chi connectivity index (χ2n) is 4.87. The highest BCUT2D eigenvalue weighted by Crippen LogP contribution is 2.25. The molecule has 0 fully saturated rings. The van der Waals surface area contributed by atoms with Crippen molar-refractivity contribution in [2.75, 3.05) is 5.32 Å². The molecule has 1 unspecified atom stereocenters. The molecule has 0 aliphatic carbocycles. The van der Waals surface area contributed by atoms with Crippen LogP contribution in [0.5, 0.6) is 0 Å². The fraction of sp³-hybridized carbons (Fsp3) is 0.333. The van der Waals surface area contributed by atoms with Gasteiger partial charge in [-0.3, -0.25) is 4.98 Å². The smallest absolute Gasteiger partial charge is 0.126 e.